The monoisotopic (exact) mass is 329 g/mol. The van der Waals surface area contributed by atoms with E-state index in [1.165, 1.54) is 16.9 Å². The van der Waals surface area contributed by atoms with Gasteiger partial charge in [0.25, 0.3) is 5.91 Å². The highest BCUT2D eigenvalue weighted by molar-refractivity contribution is 7.12. The van der Waals surface area contributed by atoms with Crippen molar-refractivity contribution in [3.8, 4) is 0 Å². The van der Waals surface area contributed by atoms with Crippen molar-refractivity contribution in [2.75, 3.05) is 13.1 Å². The number of aliphatic hydroxyl groups excluding tert-OH is 1. The normalized spacial score (nSPS) is 17.2. The first-order chi connectivity index (χ1) is 11.1. The molecular formula is C19H23NO2S. The fourth-order valence-electron chi connectivity index (χ4n) is 3.25. The second kappa shape index (κ2) is 7.28. The Hall–Kier alpha value is -1.65. The van der Waals surface area contributed by atoms with Gasteiger partial charge in [-0.25, -0.2) is 0 Å². The Morgan fingerprint density at radius 2 is 1.96 bits per heavy atom. The van der Waals surface area contributed by atoms with E-state index in [4.69, 9.17) is 0 Å². The average Bonchev–Trinajstić information content (AvgIpc) is 3.01. The molecule has 1 amide bonds. The molecule has 0 saturated carbocycles. The number of aliphatic hydroxyl groups is 1. The molecule has 23 heavy (non-hydrogen) atoms. The second-order valence-corrected chi connectivity index (χ2v) is 7.24. The van der Waals surface area contributed by atoms with Crippen LogP contribution >= 0.6 is 11.3 Å². The summed E-state index contributed by atoms with van der Waals surface area (Å²) in [6, 6.07) is 12.1. The highest BCUT2D eigenvalue weighted by atomic mass is 32.1. The number of likely N-dealkylation sites (tertiary alicyclic amines) is 1. The van der Waals surface area contributed by atoms with Crippen LogP contribution in [0.3, 0.4) is 0 Å². The highest BCUT2D eigenvalue weighted by Gasteiger charge is 2.28. The molecule has 0 spiro atoms. The minimum Gasteiger partial charge on any atom is -0.392 e. The third-order valence-corrected chi connectivity index (χ3v) is 5.72. The molecule has 2 heterocycles. The van der Waals surface area contributed by atoms with Gasteiger partial charge >= 0.3 is 0 Å². The first-order valence-corrected chi connectivity index (χ1v) is 9.08. The van der Waals surface area contributed by atoms with Crippen molar-refractivity contribution < 1.29 is 9.90 Å². The Morgan fingerprint density at radius 1 is 1.26 bits per heavy atom. The number of benzene rings is 1. The van der Waals surface area contributed by atoms with Crippen LogP contribution in [0.1, 0.15) is 33.6 Å². The summed E-state index contributed by atoms with van der Waals surface area (Å²) in [5, 5.41) is 12.5. The summed E-state index contributed by atoms with van der Waals surface area (Å²) >= 11 is 1.52. The molecule has 3 rings (SSSR count). The minimum atomic E-state index is -0.321. The lowest BCUT2D eigenvalue weighted by Gasteiger charge is -2.34. The number of rotatable bonds is 4. The standard InChI is InChI=1S/C19H23NO2S/c1-14-9-12-23-18(14)19(22)20-10-7-16(8-11-20)17(21)13-15-5-3-2-4-6-15/h2-6,9,12,16-17,21H,7-8,10-11,13H2,1H3. The first-order valence-electron chi connectivity index (χ1n) is 8.20. The van der Waals surface area contributed by atoms with E-state index in [2.05, 4.69) is 12.1 Å². The number of amides is 1. The zero-order valence-corrected chi connectivity index (χ0v) is 14.3. The molecule has 122 valence electrons. The average molecular weight is 329 g/mol. The molecule has 0 bridgehead atoms. The van der Waals surface area contributed by atoms with E-state index in [1.807, 2.05) is 41.5 Å². The molecule has 1 atom stereocenters. The van der Waals surface area contributed by atoms with Crippen molar-refractivity contribution >= 4 is 17.2 Å². The predicted molar refractivity (Wildman–Crippen MR) is 93.8 cm³/mol. The van der Waals surface area contributed by atoms with Crippen LogP contribution in [0, 0.1) is 12.8 Å². The summed E-state index contributed by atoms with van der Waals surface area (Å²) in [4.78, 5) is 15.3. The molecule has 1 aliphatic heterocycles. The smallest absolute Gasteiger partial charge is 0.264 e. The third kappa shape index (κ3) is 3.82. The van der Waals surface area contributed by atoms with Crippen LogP contribution < -0.4 is 0 Å². The number of carbonyl (C=O) groups is 1. The number of piperidine rings is 1. The number of nitrogens with zero attached hydrogens (tertiary/aromatic N) is 1. The van der Waals surface area contributed by atoms with Gasteiger partial charge < -0.3 is 10.0 Å². The molecule has 1 saturated heterocycles. The van der Waals surface area contributed by atoms with Crippen molar-refractivity contribution in [3.05, 3.63) is 57.8 Å². The lowest BCUT2D eigenvalue weighted by atomic mass is 9.88. The van der Waals surface area contributed by atoms with Crippen molar-refractivity contribution in [3.63, 3.8) is 0 Å². The molecule has 0 aliphatic carbocycles. The van der Waals surface area contributed by atoms with E-state index >= 15 is 0 Å². The number of hydrogen-bond acceptors (Lipinski definition) is 3. The minimum absolute atomic E-state index is 0.147. The molecule has 1 fully saturated rings. The number of hydrogen-bond donors (Lipinski definition) is 1. The van der Waals surface area contributed by atoms with Gasteiger partial charge in [0.05, 0.1) is 11.0 Å². The maximum absolute atomic E-state index is 12.5. The van der Waals surface area contributed by atoms with E-state index in [0.717, 1.165) is 36.4 Å². The highest BCUT2D eigenvalue weighted by Crippen LogP contribution is 2.26. The Bertz CT molecular complexity index is 644. The van der Waals surface area contributed by atoms with Gasteiger partial charge in [-0.05, 0) is 54.7 Å². The summed E-state index contributed by atoms with van der Waals surface area (Å²) in [5.74, 6) is 0.428. The maximum Gasteiger partial charge on any atom is 0.264 e. The van der Waals surface area contributed by atoms with E-state index in [-0.39, 0.29) is 17.9 Å². The first kappa shape index (κ1) is 16.2. The van der Waals surface area contributed by atoms with Gasteiger partial charge in [0.2, 0.25) is 0 Å². The summed E-state index contributed by atoms with van der Waals surface area (Å²) < 4.78 is 0. The van der Waals surface area contributed by atoms with Crippen LogP contribution in [0.4, 0.5) is 0 Å². The van der Waals surface area contributed by atoms with Crippen LogP contribution in [0.5, 0.6) is 0 Å². The molecule has 2 aromatic rings. The summed E-state index contributed by atoms with van der Waals surface area (Å²) in [7, 11) is 0. The summed E-state index contributed by atoms with van der Waals surface area (Å²) in [5.41, 5.74) is 2.24. The Balaban J connectivity index is 1.54. The van der Waals surface area contributed by atoms with Crippen LogP contribution in [0.2, 0.25) is 0 Å². The number of carbonyl (C=O) groups excluding carboxylic acids is 1. The molecule has 1 aromatic heterocycles. The van der Waals surface area contributed by atoms with Crippen LogP contribution in [-0.2, 0) is 6.42 Å². The van der Waals surface area contributed by atoms with E-state index in [0.29, 0.717) is 6.42 Å². The molecule has 1 N–H and O–H groups in total. The molecule has 4 heteroatoms. The molecule has 1 aromatic carbocycles. The SMILES string of the molecule is Cc1ccsc1C(=O)N1CCC(C(O)Cc2ccccc2)CC1. The van der Waals surface area contributed by atoms with Gasteiger partial charge in [0.15, 0.2) is 0 Å². The van der Waals surface area contributed by atoms with Crippen molar-refractivity contribution in [2.45, 2.75) is 32.3 Å². The molecular weight excluding hydrogens is 306 g/mol. The van der Waals surface area contributed by atoms with Crippen molar-refractivity contribution in [2.24, 2.45) is 5.92 Å². The zero-order chi connectivity index (χ0) is 16.2. The van der Waals surface area contributed by atoms with Gasteiger partial charge in [-0.15, -0.1) is 11.3 Å². The topological polar surface area (TPSA) is 40.5 Å². The summed E-state index contributed by atoms with van der Waals surface area (Å²) in [6.45, 7) is 3.47. The van der Waals surface area contributed by atoms with E-state index in [9.17, 15) is 9.90 Å². The molecule has 3 nitrogen and oxygen atoms in total. The Labute approximate surface area is 141 Å². The zero-order valence-electron chi connectivity index (χ0n) is 13.4. The van der Waals surface area contributed by atoms with E-state index < -0.39 is 0 Å². The molecule has 0 radical (unpaired) electrons. The van der Waals surface area contributed by atoms with Gasteiger partial charge in [-0.1, -0.05) is 30.3 Å². The Kier molecular flexibility index (Phi) is 5.13. The van der Waals surface area contributed by atoms with Crippen LogP contribution in [-0.4, -0.2) is 35.1 Å². The van der Waals surface area contributed by atoms with Gasteiger partial charge in [0.1, 0.15) is 0 Å². The predicted octanol–water partition coefficient (Wildman–Crippen LogP) is 3.51. The van der Waals surface area contributed by atoms with Crippen LogP contribution in [0.25, 0.3) is 0 Å². The van der Waals surface area contributed by atoms with Crippen molar-refractivity contribution in [1.82, 2.24) is 4.90 Å². The molecule has 1 aliphatic rings. The summed E-state index contributed by atoms with van der Waals surface area (Å²) in [6.07, 6.45) is 2.13. The second-order valence-electron chi connectivity index (χ2n) is 6.32. The fraction of sp³-hybridized carbons (Fsp3) is 0.421. The molecule has 1 unspecified atom stereocenters. The largest absolute Gasteiger partial charge is 0.392 e. The number of aryl methyl sites for hydroxylation is 1. The lowest BCUT2D eigenvalue weighted by molar-refractivity contribution is 0.0470. The van der Waals surface area contributed by atoms with Crippen molar-refractivity contribution in [1.29, 1.82) is 0 Å². The lowest BCUT2D eigenvalue weighted by Crippen LogP contribution is -2.41. The van der Waals surface area contributed by atoms with Gasteiger partial charge in [-0.2, -0.15) is 0 Å². The quantitative estimate of drug-likeness (QED) is 0.932. The van der Waals surface area contributed by atoms with Gasteiger partial charge in [0, 0.05) is 13.1 Å². The fourth-order valence-corrected chi connectivity index (χ4v) is 4.14. The number of thiophene rings is 1. The van der Waals surface area contributed by atoms with Gasteiger partial charge in [-0.3, -0.25) is 4.79 Å². The van der Waals surface area contributed by atoms with E-state index in [1.54, 1.807) is 0 Å². The third-order valence-electron chi connectivity index (χ3n) is 4.71. The maximum atomic E-state index is 12.5. The Morgan fingerprint density at radius 3 is 2.57 bits per heavy atom. The van der Waals surface area contributed by atoms with Crippen LogP contribution in [0.15, 0.2) is 41.8 Å².